The first kappa shape index (κ1) is 11.4. The van der Waals surface area contributed by atoms with Gasteiger partial charge in [-0.1, -0.05) is 34.1 Å². The molecule has 2 heterocycles. The minimum absolute atomic E-state index is 0.825. The SMILES string of the molecule is Cc1cc(CBr)cnc1-n1cnc2ccccc21. The lowest BCUT2D eigenvalue weighted by molar-refractivity contribution is 0.994. The standard InChI is InChI=1S/C14H12BrN3/c1-10-6-11(7-15)8-16-14(10)18-9-17-12-4-2-3-5-13(12)18/h2-6,8-9H,7H2,1H3. The van der Waals surface area contributed by atoms with Crippen molar-refractivity contribution in [2.75, 3.05) is 0 Å². The van der Waals surface area contributed by atoms with Crippen molar-refractivity contribution >= 4 is 27.0 Å². The van der Waals surface area contributed by atoms with Gasteiger partial charge >= 0.3 is 0 Å². The van der Waals surface area contributed by atoms with E-state index in [1.807, 2.05) is 35.3 Å². The number of benzene rings is 1. The lowest BCUT2D eigenvalue weighted by Crippen LogP contribution is -1.99. The van der Waals surface area contributed by atoms with Gasteiger partial charge in [0.15, 0.2) is 0 Å². The molecule has 18 heavy (non-hydrogen) atoms. The van der Waals surface area contributed by atoms with Gasteiger partial charge in [-0.3, -0.25) is 4.57 Å². The third-order valence-corrected chi connectivity index (χ3v) is 3.59. The first-order valence-corrected chi connectivity index (χ1v) is 6.85. The van der Waals surface area contributed by atoms with E-state index in [-0.39, 0.29) is 0 Å². The van der Waals surface area contributed by atoms with Crippen LogP contribution in [0.2, 0.25) is 0 Å². The fourth-order valence-corrected chi connectivity index (χ4v) is 2.39. The van der Waals surface area contributed by atoms with Crippen LogP contribution in [0.1, 0.15) is 11.1 Å². The maximum Gasteiger partial charge on any atom is 0.141 e. The summed E-state index contributed by atoms with van der Waals surface area (Å²) in [6, 6.07) is 10.2. The summed E-state index contributed by atoms with van der Waals surface area (Å²) in [5.41, 5.74) is 4.40. The van der Waals surface area contributed by atoms with Crippen LogP contribution < -0.4 is 0 Å². The number of rotatable bonds is 2. The zero-order chi connectivity index (χ0) is 12.5. The number of aromatic nitrogens is 3. The number of hydrogen-bond acceptors (Lipinski definition) is 2. The molecular formula is C14H12BrN3. The predicted molar refractivity (Wildman–Crippen MR) is 76.2 cm³/mol. The first-order valence-electron chi connectivity index (χ1n) is 5.73. The Labute approximate surface area is 114 Å². The molecule has 0 amide bonds. The Kier molecular flexibility index (Phi) is 2.88. The van der Waals surface area contributed by atoms with E-state index in [2.05, 4.69) is 45.0 Å². The van der Waals surface area contributed by atoms with E-state index in [0.29, 0.717) is 0 Å². The van der Waals surface area contributed by atoms with E-state index in [9.17, 15) is 0 Å². The van der Waals surface area contributed by atoms with Crippen LogP contribution in [0.25, 0.3) is 16.9 Å². The van der Waals surface area contributed by atoms with Gasteiger partial charge < -0.3 is 0 Å². The quantitative estimate of drug-likeness (QED) is 0.677. The summed E-state index contributed by atoms with van der Waals surface area (Å²) in [6.07, 6.45) is 3.72. The molecule has 0 aliphatic rings. The largest absolute Gasteiger partial charge is 0.283 e. The molecule has 0 saturated heterocycles. The average molecular weight is 302 g/mol. The smallest absolute Gasteiger partial charge is 0.141 e. The van der Waals surface area contributed by atoms with Crippen molar-refractivity contribution in [2.24, 2.45) is 0 Å². The zero-order valence-electron chi connectivity index (χ0n) is 9.97. The summed E-state index contributed by atoms with van der Waals surface area (Å²) in [5, 5.41) is 0.825. The van der Waals surface area contributed by atoms with Gasteiger partial charge in [-0.25, -0.2) is 9.97 Å². The highest BCUT2D eigenvalue weighted by atomic mass is 79.9. The van der Waals surface area contributed by atoms with Crippen molar-refractivity contribution in [1.29, 1.82) is 0 Å². The van der Waals surface area contributed by atoms with Gasteiger partial charge in [0, 0.05) is 11.5 Å². The predicted octanol–water partition coefficient (Wildman–Crippen LogP) is 3.62. The number of halogens is 1. The lowest BCUT2D eigenvalue weighted by atomic mass is 10.2. The second-order valence-electron chi connectivity index (χ2n) is 4.22. The summed E-state index contributed by atoms with van der Waals surface area (Å²) in [7, 11) is 0. The Balaban J connectivity index is 2.20. The van der Waals surface area contributed by atoms with Gasteiger partial charge in [-0.05, 0) is 30.2 Å². The Morgan fingerprint density at radius 2 is 2.06 bits per heavy atom. The van der Waals surface area contributed by atoms with E-state index in [4.69, 9.17) is 0 Å². The maximum atomic E-state index is 4.53. The third kappa shape index (κ3) is 1.82. The molecule has 2 aromatic heterocycles. The molecule has 0 N–H and O–H groups in total. The molecule has 3 aromatic rings. The summed E-state index contributed by atoms with van der Waals surface area (Å²) in [5.74, 6) is 0.938. The Morgan fingerprint density at radius 3 is 2.83 bits per heavy atom. The summed E-state index contributed by atoms with van der Waals surface area (Å²) >= 11 is 3.45. The summed E-state index contributed by atoms with van der Waals surface area (Å²) in [6.45, 7) is 2.07. The van der Waals surface area contributed by atoms with Crippen molar-refractivity contribution in [3.8, 4) is 5.82 Å². The van der Waals surface area contributed by atoms with E-state index >= 15 is 0 Å². The summed E-state index contributed by atoms with van der Waals surface area (Å²) < 4.78 is 2.03. The monoisotopic (exact) mass is 301 g/mol. The van der Waals surface area contributed by atoms with Gasteiger partial charge in [-0.2, -0.15) is 0 Å². The van der Waals surface area contributed by atoms with Crippen LogP contribution >= 0.6 is 15.9 Å². The fourth-order valence-electron chi connectivity index (χ4n) is 2.08. The molecule has 0 radical (unpaired) electrons. The second-order valence-corrected chi connectivity index (χ2v) is 4.78. The topological polar surface area (TPSA) is 30.7 Å². The van der Waals surface area contributed by atoms with Gasteiger partial charge in [0.25, 0.3) is 0 Å². The lowest BCUT2D eigenvalue weighted by Gasteiger charge is -2.08. The van der Waals surface area contributed by atoms with Crippen molar-refractivity contribution in [3.63, 3.8) is 0 Å². The number of fused-ring (bicyclic) bond motifs is 1. The number of imidazole rings is 1. The Hall–Kier alpha value is -1.68. The van der Waals surface area contributed by atoms with Crippen molar-refractivity contribution in [2.45, 2.75) is 12.3 Å². The fraction of sp³-hybridized carbons (Fsp3) is 0.143. The molecule has 0 unspecified atom stereocenters. The number of alkyl halides is 1. The van der Waals surface area contributed by atoms with Crippen LogP contribution in [0.15, 0.2) is 42.9 Å². The number of nitrogens with zero attached hydrogens (tertiary/aromatic N) is 3. The van der Waals surface area contributed by atoms with Gasteiger partial charge in [0.05, 0.1) is 11.0 Å². The molecule has 1 aromatic carbocycles. The zero-order valence-corrected chi connectivity index (χ0v) is 11.6. The number of hydrogen-bond donors (Lipinski definition) is 0. The minimum Gasteiger partial charge on any atom is -0.283 e. The molecule has 0 fully saturated rings. The molecular weight excluding hydrogens is 290 g/mol. The maximum absolute atomic E-state index is 4.53. The highest BCUT2D eigenvalue weighted by Crippen LogP contribution is 2.20. The van der Waals surface area contributed by atoms with E-state index < -0.39 is 0 Å². The number of para-hydroxylation sites is 2. The van der Waals surface area contributed by atoms with Crippen molar-refractivity contribution in [3.05, 3.63) is 54.0 Å². The molecule has 0 spiro atoms. The van der Waals surface area contributed by atoms with Crippen molar-refractivity contribution in [1.82, 2.24) is 14.5 Å². The Bertz CT molecular complexity index is 703. The molecule has 0 atom stereocenters. The minimum atomic E-state index is 0.825. The van der Waals surface area contributed by atoms with Crippen LogP contribution in [0.3, 0.4) is 0 Å². The van der Waals surface area contributed by atoms with Crippen LogP contribution in [-0.2, 0) is 5.33 Å². The number of pyridine rings is 1. The molecule has 90 valence electrons. The second kappa shape index (κ2) is 4.53. The first-order chi connectivity index (χ1) is 8.79. The molecule has 3 nitrogen and oxygen atoms in total. The molecule has 0 bridgehead atoms. The van der Waals surface area contributed by atoms with Gasteiger partial charge in [0.1, 0.15) is 12.1 Å². The molecule has 0 aliphatic heterocycles. The molecule has 3 rings (SSSR count). The van der Waals surface area contributed by atoms with E-state index in [1.54, 1.807) is 0 Å². The van der Waals surface area contributed by atoms with Gasteiger partial charge in [0.2, 0.25) is 0 Å². The van der Waals surface area contributed by atoms with Gasteiger partial charge in [-0.15, -0.1) is 0 Å². The highest BCUT2D eigenvalue weighted by molar-refractivity contribution is 9.08. The third-order valence-electron chi connectivity index (χ3n) is 2.94. The Morgan fingerprint density at radius 1 is 1.22 bits per heavy atom. The van der Waals surface area contributed by atoms with Crippen LogP contribution in [0.4, 0.5) is 0 Å². The average Bonchev–Trinajstić information content (AvgIpc) is 2.82. The van der Waals surface area contributed by atoms with Crippen molar-refractivity contribution < 1.29 is 0 Å². The molecule has 4 heteroatoms. The molecule has 0 aliphatic carbocycles. The van der Waals surface area contributed by atoms with E-state index in [1.165, 1.54) is 5.56 Å². The normalized spacial score (nSPS) is 11.0. The summed E-state index contributed by atoms with van der Waals surface area (Å²) in [4.78, 5) is 8.93. The highest BCUT2D eigenvalue weighted by Gasteiger charge is 2.08. The van der Waals surface area contributed by atoms with Crippen LogP contribution in [0, 0.1) is 6.92 Å². The number of aryl methyl sites for hydroxylation is 1. The van der Waals surface area contributed by atoms with Crippen LogP contribution in [-0.4, -0.2) is 14.5 Å². The van der Waals surface area contributed by atoms with Crippen LogP contribution in [0.5, 0.6) is 0 Å². The van der Waals surface area contributed by atoms with E-state index in [0.717, 1.165) is 27.7 Å². The molecule has 0 saturated carbocycles.